The van der Waals surface area contributed by atoms with Gasteiger partial charge < -0.3 is 5.43 Å². The van der Waals surface area contributed by atoms with Gasteiger partial charge in [0.2, 0.25) is 0 Å². The molecule has 0 saturated heterocycles. The summed E-state index contributed by atoms with van der Waals surface area (Å²) >= 11 is 5.54. The van der Waals surface area contributed by atoms with Gasteiger partial charge in [0.05, 0.1) is 0 Å². The van der Waals surface area contributed by atoms with Crippen LogP contribution in [0.3, 0.4) is 0 Å². The van der Waals surface area contributed by atoms with Gasteiger partial charge in [-0.3, -0.25) is 0 Å². The van der Waals surface area contributed by atoms with E-state index in [0.717, 1.165) is 10.1 Å². The van der Waals surface area contributed by atoms with Crippen molar-refractivity contribution >= 4 is 23.7 Å². The average molecular weight is 191 g/mol. The van der Waals surface area contributed by atoms with Gasteiger partial charge in [-0.15, -0.1) is 0 Å². The van der Waals surface area contributed by atoms with Crippen molar-refractivity contribution in [1.29, 1.82) is 0 Å². The predicted molar refractivity (Wildman–Crippen MR) is 32.6 cm³/mol. The van der Waals surface area contributed by atoms with E-state index >= 15 is 0 Å². The maximum atomic E-state index is 11.7. The molecule has 0 aromatic rings. The fourth-order valence-corrected chi connectivity index (χ4v) is 1.14. The van der Waals surface area contributed by atoms with Crippen LogP contribution in [-0.2, 0) is 0 Å². The Morgan fingerprint density at radius 3 is 2.40 bits per heavy atom. The fraction of sp³-hybridized carbons (Fsp3) is 0.333. The number of halogens is 4. The standard InChI is InChI=1S/C3H2ClF3N2S/c4-9-8-1-2(10-9)3(5,6)7/h1,8H. The number of alkyl halides is 3. The third-order valence-electron chi connectivity index (χ3n) is 0.755. The summed E-state index contributed by atoms with van der Waals surface area (Å²) in [4.78, 5) is -0.748. The van der Waals surface area contributed by atoms with Crippen LogP contribution in [0.1, 0.15) is 0 Å². The maximum absolute atomic E-state index is 11.7. The molecule has 1 N–H and O–H groups in total. The summed E-state index contributed by atoms with van der Waals surface area (Å²) in [6.07, 6.45) is -3.50. The van der Waals surface area contributed by atoms with Gasteiger partial charge in [0.15, 0.2) is 0 Å². The molecule has 7 heteroatoms. The first-order valence-electron chi connectivity index (χ1n) is 2.17. The average Bonchev–Trinajstić information content (AvgIpc) is 2.11. The number of hydrogen-bond acceptors (Lipinski definition) is 3. The summed E-state index contributed by atoms with van der Waals surface area (Å²) in [5.74, 6) is 0. The first-order valence-corrected chi connectivity index (χ1v) is 3.29. The van der Waals surface area contributed by atoms with Gasteiger partial charge in [-0.05, 0) is 0 Å². The van der Waals surface area contributed by atoms with Gasteiger partial charge in [-0.1, -0.05) is 3.93 Å². The van der Waals surface area contributed by atoms with E-state index in [9.17, 15) is 13.2 Å². The SMILES string of the molecule is FC(F)(F)C1=CNN(Cl)S1. The summed E-state index contributed by atoms with van der Waals surface area (Å²) in [6.45, 7) is 0. The normalized spacial score (nSPS) is 20.6. The molecule has 0 amide bonds. The molecular formula is C3H2ClF3N2S. The number of hydrogen-bond donors (Lipinski definition) is 1. The van der Waals surface area contributed by atoms with Crippen molar-refractivity contribution in [2.75, 3.05) is 0 Å². The van der Waals surface area contributed by atoms with Crippen LogP contribution in [0, 0.1) is 0 Å². The lowest BCUT2D eigenvalue weighted by Gasteiger charge is -2.05. The van der Waals surface area contributed by atoms with Crippen molar-refractivity contribution in [3.63, 3.8) is 0 Å². The maximum Gasteiger partial charge on any atom is 0.425 e. The highest BCUT2D eigenvalue weighted by atomic mass is 35.5. The lowest BCUT2D eigenvalue weighted by atomic mass is 10.6. The molecule has 0 fully saturated rings. The molecule has 1 heterocycles. The minimum atomic E-state index is -4.30. The van der Waals surface area contributed by atoms with E-state index in [1.54, 1.807) is 0 Å². The number of nitrogens with one attached hydrogen (secondary N) is 1. The Morgan fingerprint density at radius 1 is 1.60 bits per heavy atom. The predicted octanol–water partition coefficient (Wildman–Crippen LogP) is 2.01. The lowest BCUT2D eigenvalue weighted by Crippen LogP contribution is -2.10. The summed E-state index contributed by atoms with van der Waals surface area (Å²) in [7, 11) is 0. The Bertz CT molecular complexity index is 168. The largest absolute Gasteiger partial charge is 0.425 e. The van der Waals surface area contributed by atoms with Crippen LogP contribution in [0.2, 0.25) is 0 Å². The smallest absolute Gasteiger partial charge is 0.301 e. The van der Waals surface area contributed by atoms with Crippen molar-refractivity contribution in [2.24, 2.45) is 0 Å². The molecule has 1 aliphatic rings. The van der Waals surface area contributed by atoms with Gasteiger partial charge in [0, 0.05) is 29.9 Å². The molecule has 58 valence electrons. The molecule has 1 aliphatic heterocycles. The monoisotopic (exact) mass is 190 g/mol. The van der Waals surface area contributed by atoms with Crippen molar-refractivity contribution in [2.45, 2.75) is 6.18 Å². The molecule has 10 heavy (non-hydrogen) atoms. The Hall–Kier alpha value is -0.0700. The van der Waals surface area contributed by atoms with Crippen LogP contribution in [0.5, 0.6) is 0 Å². The quantitative estimate of drug-likeness (QED) is 0.465. The van der Waals surface area contributed by atoms with Gasteiger partial charge in [-0.2, -0.15) is 13.2 Å². The van der Waals surface area contributed by atoms with Gasteiger partial charge >= 0.3 is 6.18 Å². The molecule has 0 atom stereocenters. The van der Waals surface area contributed by atoms with Crippen molar-refractivity contribution in [1.82, 2.24) is 9.36 Å². The van der Waals surface area contributed by atoms with E-state index < -0.39 is 11.1 Å². The molecule has 0 aliphatic carbocycles. The zero-order valence-corrected chi connectivity index (χ0v) is 6.02. The molecule has 2 nitrogen and oxygen atoms in total. The van der Waals surface area contributed by atoms with Gasteiger partial charge in [0.1, 0.15) is 4.91 Å². The molecule has 0 aromatic heterocycles. The number of rotatable bonds is 0. The second kappa shape index (κ2) is 2.52. The molecular weight excluding hydrogens is 189 g/mol. The van der Waals surface area contributed by atoms with E-state index in [1.807, 2.05) is 0 Å². The minimum absolute atomic E-state index is 0.396. The van der Waals surface area contributed by atoms with Crippen LogP contribution >= 0.6 is 23.7 Å². The summed E-state index contributed by atoms with van der Waals surface area (Å²) in [5.41, 5.74) is 2.16. The summed E-state index contributed by atoms with van der Waals surface area (Å²) < 4.78 is 35.9. The van der Waals surface area contributed by atoms with Crippen LogP contribution in [0.4, 0.5) is 13.2 Å². The van der Waals surface area contributed by atoms with E-state index in [4.69, 9.17) is 11.8 Å². The highest BCUT2D eigenvalue weighted by Crippen LogP contribution is 2.38. The number of hydrazine groups is 1. The lowest BCUT2D eigenvalue weighted by molar-refractivity contribution is -0.0836. The minimum Gasteiger partial charge on any atom is -0.301 e. The first kappa shape index (κ1) is 8.03. The third-order valence-corrected chi connectivity index (χ3v) is 1.87. The molecule has 0 bridgehead atoms. The highest BCUT2D eigenvalue weighted by Gasteiger charge is 2.38. The van der Waals surface area contributed by atoms with Crippen molar-refractivity contribution < 1.29 is 13.2 Å². The molecule has 1 rings (SSSR count). The van der Waals surface area contributed by atoms with Crippen LogP contribution in [0.25, 0.3) is 0 Å². The second-order valence-corrected chi connectivity index (χ2v) is 3.00. The van der Waals surface area contributed by atoms with Crippen LogP contribution in [0.15, 0.2) is 11.1 Å². The summed E-state index contributed by atoms with van der Waals surface area (Å²) in [5, 5.41) is 0. The van der Waals surface area contributed by atoms with E-state index in [1.165, 1.54) is 0 Å². The van der Waals surface area contributed by atoms with E-state index in [-0.39, 0.29) is 0 Å². The molecule has 0 aromatic carbocycles. The Labute approximate surface area is 64.2 Å². The van der Waals surface area contributed by atoms with E-state index in [0.29, 0.717) is 11.9 Å². The van der Waals surface area contributed by atoms with Gasteiger partial charge in [0.25, 0.3) is 0 Å². The Balaban J connectivity index is 2.60. The Kier molecular flexibility index (Phi) is 2.02. The molecule has 0 saturated carbocycles. The van der Waals surface area contributed by atoms with Crippen molar-refractivity contribution in [3.05, 3.63) is 11.1 Å². The molecule has 0 unspecified atom stereocenters. The third kappa shape index (κ3) is 1.71. The number of allylic oxidation sites excluding steroid dienone is 1. The highest BCUT2D eigenvalue weighted by molar-refractivity contribution is 8.01. The second-order valence-electron chi connectivity index (χ2n) is 1.47. The zero-order chi connectivity index (χ0) is 7.78. The summed E-state index contributed by atoms with van der Waals surface area (Å²) in [6, 6.07) is 0. The topological polar surface area (TPSA) is 15.3 Å². The zero-order valence-electron chi connectivity index (χ0n) is 4.44. The molecule has 0 radical (unpaired) electrons. The number of nitrogens with zero attached hydrogens (tertiary/aromatic N) is 1. The van der Waals surface area contributed by atoms with Crippen molar-refractivity contribution in [3.8, 4) is 0 Å². The van der Waals surface area contributed by atoms with Gasteiger partial charge in [-0.25, -0.2) is 0 Å². The van der Waals surface area contributed by atoms with Crippen LogP contribution in [-0.4, -0.2) is 10.1 Å². The first-order chi connectivity index (χ1) is 4.50. The Morgan fingerprint density at radius 2 is 2.20 bits per heavy atom. The van der Waals surface area contributed by atoms with E-state index in [2.05, 4.69) is 5.43 Å². The fourth-order valence-electron chi connectivity index (χ4n) is 0.382. The van der Waals surface area contributed by atoms with Crippen LogP contribution < -0.4 is 5.43 Å². The molecule has 0 spiro atoms.